The van der Waals surface area contributed by atoms with Crippen molar-refractivity contribution in [2.75, 3.05) is 0 Å². The van der Waals surface area contributed by atoms with Crippen molar-refractivity contribution in [3.8, 4) is 0 Å². The maximum Gasteiger partial charge on any atom is 0.0418 e. The molecular weight excluding hydrogens is 202 g/mol. The van der Waals surface area contributed by atoms with Gasteiger partial charge in [0.15, 0.2) is 0 Å². The van der Waals surface area contributed by atoms with Crippen molar-refractivity contribution in [1.29, 1.82) is 0 Å². The fourth-order valence-corrected chi connectivity index (χ4v) is 2.50. The maximum atomic E-state index is 6.08. The van der Waals surface area contributed by atoms with E-state index in [4.69, 9.17) is 5.73 Å². The van der Waals surface area contributed by atoms with Crippen LogP contribution in [-0.4, -0.2) is 0 Å². The average Bonchev–Trinajstić information content (AvgIpc) is 2.82. The van der Waals surface area contributed by atoms with Crippen LogP contribution in [0, 0.1) is 5.92 Å². The number of aryl methyl sites for hydroxylation is 1. The van der Waals surface area contributed by atoms with Crippen LogP contribution in [0.2, 0.25) is 0 Å². The fraction of sp³-hybridized carbons (Fsp3) is 0.600. The SMILES string of the molecule is CCc1ccc([C@@H](N)C2CC2)s1.Cl. The first-order valence-electron chi connectivity index (χ1n) is 4.65. The van der Waals surface area contributed by atoms with Crippen LogP contribution >= 0.6 is 23.7 Å². The molecule has 1 aliphatic carbocycles. The van der Waals surface area contributed by atoms with Gasteiger partial charge in [-0.1, -0.05) is 6.92 Å². The number of rotatable bonds is 3. The Bertz CT molecular complexity index is 268. The van der Waals surface area contributed by atoms with Crippen LogP contribution < -0.4 is 5.73 Å². The van der Waals surface area contributed by atoms with Crippen molar-refractivity contribution < 1.29 is 0 Å². The molecule has 74 valence electrons. The third-order valence-corrected chi connectivity index (χ3v) is 3.82. The minimum absolute atomic E-state index is 0. The summed E-state index contributed by atoms with van der Waals surface area (Å²) in [5.41, 5.74) is 6.08. The third kappa shape index (κ3) is 2.46. The van der Waals surface area contributed by atoms with Gasteiger partial charge in [0.25, 0.3) is 0 Å². The first kappa shape index (κ1) is 11.0. The zero-order chi connectivity index (χ0) is 8.55. The van der Waals surface area contributed by atoms with E-state index in [2.05, 4.69) is 19.1 Å². The zero-order valence-electron chi connectivity index (χ0n) is 7.82. The van der Waals surface area contributed by atoms with E-state index in [1.165, 1.54) is 22.6 Å². The van der Waals surface area contributed by atoms with Crippen molar-refractivity contribution in [2.24, 2.45) is 11.7 Å². The van der Waals surface area contributed by atoms with Gasteiger partial charge in [0.2, 0.25) is 0 Å². The molecule has 0 spiro atoms. The van der Waals surface area contributed by atoms with E-state index in [1.807, 2.05) is 11.3 Å². The van der Waals surface area contributed by atoms with Gasteiger partial charge in [0.1, 0.15) is 0 Å². The highest BCUT2D eigenvalue weighted by molar-refractivity contribution is 7.12. The highest BCUT2D eigenvalue weighted by Gasteiger charge is 2.30. The molecule has 0 bridgehead atoms. The summed E-state index contributed by atoms with van der Waals surface area (Å²) in [6.45, 7) is 2.19. The first-order chi connectivity index (χ1) is 5.81. The Morgan fingerprint density at radius 2 is 2.23 bits per heavy atom. The summed E-state index contributed by atoms with van der Waals surface area (Å²) in [4.78, 5) is 2.84. The number of hydrogen-bond donors (Lipinski definition) is 1. The van der Waals surface area contributed by atoms with Crippen molar-refractivity contribution >= 4 is 23.7 Å². The Hall–Kier alpha value is -0.0500. The molecule has 0 aliphatic heterocycles. The van der Waals surface area contributed by atoms with Crippen molar-refractivity contribution in [1.82, 2.24) is 0 Å². The fourth-order valence-electron chi connectivity index (χ4n) is 1.45. The molecule has 1 saturated carbocycles. The summed E-state index contributed by atoms with van der Waals surface area (Å²) < 4.78 is 0. The molecule has 0 saturated heterocycles. The molecule has 3 heteroatoms. The lowest BCUT2D eigenvalue weighted by Crippen LogP contribution is -2.10. The number of thiophene rings is 1. The van der Waals surface area contributed by atoms with E-state index in [-0.39, 0.29) is 12.4 Å². The molecule has 1 atom stereocenters. The van der Waals surface area contributed by atoms with Crippen molar-refractivity contribution in [2.45, 2.75) is 32.2 Å². The van der Waals surface area contributed by atoms with Gasteiger partial charge in [-0.05, 0) is 37.3 Å². The summed E-state index contributed by atoms with van der Waals surface area (Å²) in [5, 5.41) is 0. The summed E-state index contributed by atoms with van der Waals surface area (Å²) in [6, 6.07) is 4.74. The van der Waals surface area contributed by atoms with Crippen LogP contribution in [-0.2, 0) is 6.42 Å². The Morgan fingerprint density at radius 1 is 1.54 bits per heavy atom. The van der Waals surface area contributed by atoms with Gasteiger partial charge in [-0.15, -0.1) is 23.7 Å². The zero-order valence-corrected chi connectivity index (χ0v) is 9.46. The van der Waals surface area contributed by atoms with Gasteiger partial charge >= 0.3 is 0 Å². The van der Waals surface area contributed by atoms with Gasteiger partial charge in [0.05, 0.1) is 0 Å². The van der Waals surface area contributed by atoms with E-state index in [9.17, 15) is 0 Å². The molecule has 0 amide bonds. The van der Waals surface area contributed by atoms with Crippen LogP contribution in [0.1, 0.15) is 35.6 Å². The number of hydrogen-bond acceptors (Lipinski definition) is 2. The lowest BCUT2D eigenvalue weighted by Gasteiger charge is -2.05. The van der Waals surface area contributed by atoms with Gasteiger partial charge in [0, 0.05) is 15.8 Å². The molecule has 1 nitrogen and oxygen atoms in total. The smallest absolute Gasteiger partial charge is 0.0418 e. The summed E-state index contributed by atoms with van der Waals surface area (Å²) in [5.74, 6) is 0.786. The second-order valence-corrected chi connectivity index (χ2v) is 4.72. The van der Waals surface area contributed by atoms with Crippen LogP contribution in [0.25, 0.3) is 0 Å². The molecular formula is C10H16ClNS. The first-order valence-corrected chi connectivity index (χ1v) is 5.47. The average molecular weight is 218 g/mol. The minimum Gasteiger partial charge on any atom is -0.323 e. The molecule has 0 radical (unpaired) electrons. The second kappa shape index (κ2) is 4.45. The van der Waals surface area contributed by atoms with E-state index < -0.39 is 0 Å². The molecule has 1 fully saturated rings. The molecule has 2 rings (SSSR count). The quantitative estimate of drug-likeness (QED) is 0.827. The largest absolute Gasteiger partial charge is 0.323 e. The Kier molecular flexibility index (Phi) is 3.77. The number of halogens is 1. The Labute approximate surface area is 89.7 Å². The lowest BCUT2D eigenvalue weighted by atomic mass is 10.2. The van der Waals surface area contributed by atoms with Gasteiger partial charge < -0.3 is 5.73 Å². The molecule has 1 heterocycles. The molecule has 0 unspecified atom stereocenters. The van der Waals surface area contributed by atoms with Crippen molar-refractivity contribution in [3.05, 3.63) is 21.9 Å². The second-order valence-electron chi connectivity index (χ2n) is 3.52. The molecule has 2 N–H and O–H groups in total. The highest BCUT2D eigenvalue weighted by Crippen LogP contribution is 2.41. The molecule has 0 aromatic carbocycles. The van der Waals surface area contributed by atoms with Crippen molar-refractivity contribution in [3.63, 3.8) is 0 Å². The summed E-state index contributed by atoms with van der Waals surface area (Å²) in [7, 11) is 0. The summed E-state index contributed by atoms with van der Waals surface area (Å²) in [6.07, 6.45) is 3.81. The van der Waals surface area contributed by atoms with Crippen LogP contribution in [0.4, 0.5) is 0 Å². The van der Waals surface area contributed by atoms with Crippen LogP contribution in [0.3, 0.4) is 0 Å². The Morgan fingerprint density at radius 3 is 2.69 bits per heavy atom. The molecule has 1 aromatic rings. The molecule has 13 heavy (non-hydrogen) atoms. The maximum absolute atomic E-state index is 6.08. The van der Waals surface area contributed by atoms with E-state index in [1.54, 1.807) is 0 Å². The third-order valence-electron chi connectivity index (χ3n) is 2.49. The standard InChI is InChI=1S/C10H15NS.ClH/c1-2-8-5-6-9(12-8)10(11)7-3-4-7;/h5-7,10H,2-4,11H2,1H3;1H/t10-;/m0./s1. The number of nitrogens with two attached hydrogens (primary N) is 1. The topological polar surface area (TPSA) is 26.0 Å². The van der Waals surface area contributed by atoms with E-state index in [0.29, 0.717) is 6.04 Å². The van der Waals surface area contributed by atoms with Gasteiger partial charge in [-0.3, -0.25) is 0 Å². The van der Waals surface area contributed by atoms with E-state index >= 15 is 0 Å². The van der Waals surface area contributed by atoms with Gasteiger partial charge in [-0.2, -0.15) is 0 Å². The predicted octanol–water partition coefficient (Wildman–Crippen LogP) is 3.14. The van der Waals surface area contributed by atoms with Gasteiger partial charge in [-0.25, -0.2) is 0 Å². The van der Waals surface area contributed by atoms with E-state index in [0.717, 1.165) is 12.3 Å². The van der Waals surface area contributed by atoms with Crippen LogP contribution in [0.15, 0.2) is 12.1 Å². The minimum atomic E-state index is 0. The highest BCUT2D eigenvalue weighted by atomic mass is 35.5. The monoisotopic (exact) mass is 217 g/mol. The Balaban J connectivity index is 0.000000845. The predicted molar refractivity (Wildman–Crippen MR) is 60.6 cm³/mol. The van der Waals surface area contributed by atoms with Crippen LogP contribution in [0.5, 0.6) is 0 Å². The normalized spacial score (nSPS) is 18.0. The molecule has 1 aromatic heterocycles. The lowest BCUT2D eigenvalue weighted by molar-refractivity contribution is 0.645. The summed E-state index contributed by atoms with van der Waals surface area (Å²) >= 11 is 1.88. The molecule has 1 aliphatic rings.